The molecule has 3 aromatic rings. The predicted molar refractivity (Wildman–Crippen MR) is 107 cm³/mol. The first-order valence-corrected chi connectivity index (χ1v) is 8.67. The first kappa shape index (κ1) is 19.7. The number of benzene rings is 2. The van der Waals surface area contributed by atoms with Crippen LogP contribution in [0.1, 0.15) is 15.9 Å². The molecule has 0 atom stereocenters. The van der Waals surface area contributed by atoms with Gasteiger partial charge in [0.15, 0.2) is 18.1 Å². The number of methoxy groups -OCH3 is 1. The molecular formula is C21H19N3O5. The largest absolute Gasteiger partial charge is 0.493 e. The lowest BCUT2D eigenvalue weighted by Gasteiger charge is -2.10. The first-order valence-electron chi connectivity index (χ1n) is 8.67. The molecule has 0 aliphatic carbocycles. The van der Waals surface area contributed by atoms with Crippen molar-refractivity contribution >= 4 is 18.1 Å². The van der Waals surface area contributed by atoms with Gasteiger partial charge in [-0.1, -0.05) is 12.1 Å². The Labute approximate surface area is 167 Å². The van der Waals surface area contributed by atoms with Crippen LogP contribution in [0.3, 0.4) is 0 Å². The topological polar surface area (TPSA) is 102 Å². The molecule has 3 rings (SSSR count). The van der Waals surface area contributed by atoms with Crippen LogP contribution in [-0.4, -0.2) is 41.5 Å². The number of aromatic nitrogens is 1. The molecule has 8 heteroatoms. The predicted octanol–water partition coefficient (Wildman–Crippen LogP) is 2.71. The van der Waals surface area contributed by atoms with Gasteiger partial charge in [-0.3, -0.25) is 4.79 Å². The van der Waals surface area contributed by atoms with Gasteiger partial charge in [0.2, 0.25) is 0 Å². The quantitative estimate of drug-likeness (QED) is 0.453. The highest BCUT2D eigenvalue weighted by Crippen LogP contribution is 2.27. The fourth-order valence-corrected chi connectivity index (χ4v) is 2.63. The van der Waals surface area contributed by atoms with Crippen LogP contribution in [0.2, 0.25) is 0 Å². The van der Waals surface area contributed by atoms with Crippen LogP contribution < -0.4 is 14.9 Å². The maximum atomic E-state index is 12.5. The van der Waals surface area contributed by atoms with Crippen molar-refractivity contribution in [3.63, 3.8) is 0 Å². The van der Waals surface area contributed by atoms with E-state index in [0.29, 0.717) is 22.6 Å². The number of rotatable bonds is 8. The second-order valence-electron chi connectivity index (χ2n) is 5.90. The number of carbonyl (C=O) groups excluding carboxylic acids is 1. The Morgan fingerprint density at radius 3 is 2.59 bits per heavy atom. The molecule has 8 nitrogen and oxygen atoms in total. The third kappa shape index (κ3) is 5.01. The normalized spacial score (nSPS) is 10.7. The second kappa shape index (κ2) is 9.23. The number of ether oxygens (including phenoxy) is 2. The third-order valence-corrected chi connectivity index (χ3v) is 3.95. The summed E-state index contributed by atoms with van der Waals surface area (Å²) in [6.45, 7) is -0.472. The van der Waals surface area contributed by atoms with Gasteiger partial charge in [0.25, 0.3) is 5.91 Å². The lowest BCUT2D eigenvalue weighted by atomic mass is 10.1. The molecule has 0 fully saturated rings. The SMILES string of the molecule is COc1cc(C=NNC(=O)c2ccccc2-n2cccc2)ccc1OCC(=O)O. The Bertz CT molecular complexity index is 1030. The molecule has 0 radical (unpaired) electrons. The summed E-state index contributed by atoms with van der Waals surface area (Å²) in [6, 6.07) is 15.8. The minimum atomic E-state index is -1.08. The molecule has 0 aliphatic rings. The lowest BCUT2D eigenvalue weighted by Crippen LogP contribution is -2.19. The summed E-state index contributed by atoms with van der Waals surface area (Å²) < 4.78 is 12.2. The molecule has 0 saturated heterocycles. The molecular weight excluding hydrogens is 374 g/mol. The van der Waals surface area contributed by atoms with Gasteiger partial charge in [-0.15, -0.1) is 0 Å². The maximum Gasteiger partial charge on any atom is 0.341 e. The van der Waals surface area contributed by atoms with Crippen LogP contribution in [0.4, 0.5) is 0 Å². The van der Waals surface area contributed by atoms with Crippen LogP contribution in [0.25, 0.3) is 5.69 Å². The third-order valence-electron chi connectivity index (χ3n) is 3.95. The molecule has 2 N–H and O–H groups in total. The Kier molecular flexibility index (Phi) is 6.26. The van der Waals surface area contributed by atoms with Crippen molar-refractivity contribution in [1.29, 1.82) is 0 Å². The van der Waals surface area contributed by atoms with Crippen molar-refractivity contribution in [3.8, 4) is 17.2 Å². The second-order valence-corrected chi connectivity index (χ2v) is 5.90. The molecule has 0 spiro atoms. The van der Waals surface area contributed by atoms with Crippen LogP contribution in [0.15, 0.2) is 72.1 Å². The number of carbonyl (C=O) groups is 2. The van der Waals surface area contributed by atoms with Gasteiger partial charge in [-0.2, -0.15) is 5.10 Å². The van der Waals surface area contributed by atoms with E-state index in [1.54, 1.807) is 30.3 Å². The van der Waals surface area contributed by atoms with E-state index in [1.807, 2.05) is 41.2 Å². The molecule has 2 aromatic carbocycles. The summed E-state index contributed by atoms with van der Waals surface area (Å²) in [6.07, 6.45) is 5.17. The molecule has 0 bridgehead atoms. The van der Waals surface area contributed by atoms with Crippen LogP contribution in [0.5, 0.6) is 11.5 Å². The number of para-hydroxylation sites is 1. The average Bonchev–Trinajstić information content (AvgIpc) is 3.27. The average molecular weight is 393 g/mol. The highest BCUT2D eigenvalue weighted by molar-refractivity contribution is 5.98. The number of nitrogens with zero attached hydrogens (tertiary/aromatic N) is 2. The van der Waals surface area contributed by atoms with E-state index in [2.05, 4.69) is 10.5 Å². The monoisotopic (exact) mass is 393 g/mol. The Balaban J connectivity index is 1.70. The number of aliphatic carboxylic acids is 1. The van der Waals surface area contributed by atoms with Gasteiger partial charge in [0.1, 0.15) is 0 Å². The van der Waals surface area contributed by atoms with Crippen molar-refractivity contribution in [2.24, 2.45) is 5.10 Å². The van der Waals surface area contributed by atoms with Gasteiger partial charge in [0.05, 0.1) is 24.6 Å². The van der Waals surface area contributed by atoms with Crippen molar-refractivity contribution < 1.29 is 24.2 Å². The lowest BCUT2D eigenvalue weighted by molar-refractivity contribution is -0.139. The summed E-state index contributed by atoms with van der Waals surface area (Å²) >= 11 is 0. The number of nitrogens with one attached hydrogen (secondary N) is 1. The molecule has 148 valence electrons. The van der Waals surface area contributed by atoms with Gasteiger partial charge in [-0.05, 0) is 48.0 Å². The number of carboxylic acids is 1. The van der Waals surface area contributed by atoms with Crippen LogP contribution in [-0.2, 0) is 4.79 Å². The van der Waals surface area contributed by atoms with Gasteiger partial charge in [0, 0.05) is 12.4 Å². The zero-order valence-electron chi connectivity index (χ0n) is 15.6. The molecule has 1 aromatic heterocycles. The van der Waals surface area contributed by atoms with Crippen molar-refractivity contribution in [2.45, 2.75) is 0 Å². The molecule has 29 heavy (non-hydrogen) atoms. The Hall–Kier alpha value is -4.07. The zero-order chi connectivity index (χ0) is 20.6. The molecule has 0 unspecified atom stereocenters. The smallest absolute Gasteiger partial charge is 0.341 e. The highest BCUT2D eigenvalue weighted by Gasteiger charge is 2.11. The van der Waals surface area contributed by atoms with E-state index in [1.165, 1.54) is 13.3 Å². The number of hydrogen-bond donors (Lipinski definition) is 2. The first-order chi connectivity index (χ1) is 14.1. The number of amides is 1. The number of carboxylic acid groups (broad SMARTS) is 1. The number of hydrogen-bond acceptors (Lipinski definition) is 5. The van der Waals surface area contributed by atoms with Gasteiger partial charge < -0.3 is 19.1 Å². The summed E-state index contributed by atoms with van der Waals surface area (Å²) in [5.74, 6) is -0.768. The van der Waals surface area contributed by atoms with E-state index in [-0.39, 0.29) is 5.91 Å². The summed E-state index contributed by atoms with van der Waals surface area (Å²) in [7, 11) is 1.45. The van der Waals surface area contributed by atoms with E-state index in [4.69, 9.17) is 14.6 Å². The van der Waals surface area contributed by atoms with Gasteiger partial charge in [-0.25, -0.2) is 10.2 Å². The minimum Gasteiger partial charge on any atom is -0.493 e. The standard InChI is InChI=1S/C21H19N3O5/c1-28-19-12-15(8-9-18(19)29-14-20(25)26)13-22-23-21(27)16-6-2-3-7-17(16)24-10-4-5-11-24/h2-13H,14H2,1H3,(H,23,27)(H,25,26). The zero-order valence-corrected chi connectivity index (χ0v) is 15.6. The fraction of sp³-hybridized carbons (Fsp3) is 0.0952. The molecule has 0 aliphatic heterocycles. The molecule has 1 amide bonds. The molecule has 1 heterocycles. The summed E-state index contributed by atoms with van der Waals surface area (Å²) in [4.78, 5) is 23.2. The van der Waals surface area contributed by atoms with E-state index < -0.39 is 12.6 Å². The minimum absolute atomic E-state index is 0.303. The van der Waals surface area contributed by atoms with E-state index in [9.17, 15) is 9.59 Å². The highest BCUT2D eigenvalue weighted by atomic mass is 16.5. The maximum absolute atomic E-state index is 12.5. The number of hydrazone groups is 1. The van der Waals surface area contributed by atoms with Crippen molar-refractivity contribution in [2.75, 3.05) is 13.7 Å². The Morgan fingerprint density at radius 1 is 1.10 bits per heavy atom. The van der Waals surface area contributed by atoms with Crippen LogP contribution >= 0.6 is 0 Å². The fourth-order valence-electron chi connectivity index (χ4n) is 2.63. The van der Waals surface area contributed by atoms with Crippen LogP contribution in [0, 0.1) is 0 Å². The van der Waals surface area contributed by atoms with E-state index in [0.717, 1.165) is 5.69 Å². The van der Waals surface area contributed by atoms with Crippen molar-refractivity contribution in [3.05, 3.63) is 78.1 Å². The summed E-state index contributed by atoms with van der Waals surface area (Å²) in [5, 5.41) is 12.7. The Morgan fingerprint density at radius 2 is 1.86 bits per heavy atom. The van der Waals surface area contributed by atoms with Crippen molar-refractivity contribution in [1.82, 2.24) is 9.99 Å². The summed E-state index contributed by atoms with van der Waals surface area (Å²) in [5.41, 5.74) is 4.38. The molecule has 0 saturated carbocycles. The van der Waals surface area contributed by atoms with Gasteiger partial charge >= 0.3 is 5.97 Å². The van der Waals surface area contributed by atoms with E-state index >= 15 is 0 Å².